The molecule has 0 bridgehead atoms. The van der Waals surface area contributed by atoms with Gasteiger partial charge in [0.15, 0.2) is 11.5 Å². The number of halogens is 1. The molecule has 17 heavy (non-hydrogen) atoms. The number of nitrogens with zero attached hydrogens (tertiary/aromatic N) is 3. The lowest BCUT2D eigenvalue weighted by atomic mass is 9.88. The topological polar surface area (TPSA) is 66.5 Å². The molecule has 2 aromatic rings. The Hall–Kier alpha value is -1.36. The minimum Gasteiger partial charge on any atom is -0.365 e. The van der Waals surface area contributed by atoms with E-state index in [0.29, 0.717) is 10.9 Å². The molecule has 5 nitrogen and oxygen atoms in total. The monoisotopic (exact) mass is 253 g/mol. The molecule has 2 heterocycles. The summed E-state index contributed by atoms with van der Waals surface area (Å²) in [4.78, 5) is 15.3. The molecular formula is C11H16ClN5. The summed E-state index contributed by atoms with van der Waals surface area (Å²) < 4.78 is 0. The highest BCUT2D eigenvalue weighted by atomic mass is 35.5. The second kappa shape index (κ2) is 4.14. The summed E-state index contributed by atoms with van der Waals surface area (Å²) in [5, 5.41) is 3.68. The molecule has 92 valence electrons. The van der Waals surface area contributed by atoms with Gasteiger partial charge in [-0.05, 0) is 23.9 Å². The highest BCUT2D eigenvalue weighted by Crippen LogP contribution is 2.25. The first kappa shape index (κ1) is 12.1. The zero-order valence-electron chi connectivity index (χ0n) is 10.4. The number of hydrogen-bond donors (Lipinski definition) is 2. The van der Waals surface area contributed by atoms with Gasteiger partial charge in [-0.3, -0.25) is 0 Å². The predicted molar refractivity (Wildman–Crippen MR) is 69.2 cm³/mol. The molecule has 2 rings (SSSR count). The van der Waals surface area contributed by atoms with Crippen LogP contribution in [0, 0.1) is 5.41 Å². The molecule has 0 aliphatic rings. The quantitative estimate of drug-likeness (QED) is 0.808. The van der Waals surface area contributed by atoms with E-state index < -0.39 is 0 Å². The maximum absolute atomic E-state index is 5.82. The van der Waals surface area contributed by atoms with Crippen molar-refractivity contribution in [1.82, 2.24) is 19.9 Å². The Labute approximate surface area is 105 Å². The minimum atomic E-state index is 0.140. The number of fused-ring (bicyclic) bond motifs is 1. The Morgan fingerprint density at radius 3 is 2.71 bits per heavy atom. The van der Waals surface area contributed by atoms with E-state index in [9.17, 15) is 0 Å². The number of aromatic amines is 1. The van der Waals surface area contributed by atoms with Gasteiger partial charge in [-0.25, -0.2) is 9.97 Å². The molecule has 0 fully saturated rings. The number of hydrogen-bond acceptors (Lipinski definition) is 4. The van der Waals surface area contributed by atoms with Crippen LogP contribution in [-0.4, -0.2) is 26.0 Å². The summed E-state index contributed by atoms with van der Waals surface area (Å²) >= 11 is 5.82. The molecule has 0 aromatic carbocycles. The number of H-pyrrole nitrogens is 1. The lowest BCUT2D eigenvalue weighted by Gasteiger charge is -2.28. The van der Waals surface area contributed by atoms with E-state index in [4.69, 9.17) is 11.6 Å². The van der Waals surface area contributed by atoms with Gasteiger partial charge in [-0.1, -0.05) is 20.8 Å². The van der Waals surface area contributed by atoms with Gasteiger partial charge in [-0.2, -0.15) is 4.98 Å². The van der Waals surface area contributed by atoms with Gasteiger partial charge >= 0.3 is 0 Å². The Bertz CT molecular complexity index is 528. The van der Waals surface area contributed by atoms with Crippen LogP contribution in [-0.2, 0) is 0 Å². The fourth-order valence-corrected chi connectivity index (χ4v) is 1.51. The van der Waals surface area contributed by atoms with Gasteiger partial charge in [0.2, 0.25) is 5.28 Å². The summed E-state index contributed by atoms with van der Waals surface area (Å²) in [6, 6.07) is 0.266. The van der Waals surface area contributed by atoms with Crippen molar-refractivity contribution in [2.45, 2.75) is 33.7 Å². The second-order valence-electron chi connectivity index (χ2n) is 5.18. The Morgan fingerprint density at radius 2 is 2.06 bits per heavy atom. The molecule has 6 heteroatoms. The first-order valence-corrected chi connectivity index (χ1v) is 5.88. The molecule has 0 unspecified atom stereocenters. The Morgan fingerprint density at radius 1 is 1.35 bits per heavy atom. The largest absolute Gasteiger partial charge is 0.365 e. The van der Waals surface area contributed by atoms with Gasteiger partial charge in [0.25, 0.3) is 0 Å². The van der Waals surface area contributed by atoms with Crippen LogP contribution in [0.2, 0.25) is 5.28 Å². The zero-order chi connectivity index (χ0) is 12.6. The number of nitrogens with one attached hydrogen (secondary N) is 2. The van der Waals surface area contributed by atoms with Crippen LogP contribution in [0.4, 0.5) is 5.82 Å². The molecule has 0 saturated heterocycles. The number of anilines is 1. The normalized spacial score (nSPS) is 13.9. The van der Waals surface area contributed by atoms with Crippen LogP contribution in [0.15, 0.2) is 6.33 Å². The number of rotatable bonds is 2. The third-order valence-corrected chi connectivity index (χ3v) is 3.09. The van der Waals surface area contributed by atoms with E-state index in [0.717, 1.165) is 11.3 Å². The molecule has 0 amide bonds. The van der Waals surface area contributed by atoms with Crippen LogP contribution in [0.5, 0.6) is 0 Å². The van der Waals surface area contributed by atoms with Gasteiger partial charge < -0.3 is 10.3 Å². The first-order chi connectivity index (χ1) is 7.88. The average Bonchev–Trinajstić information content (AvgIpc) is 2.58. The summed E-state index contributed by atoms with van der Waals surface area (Å²) in [6.07, 6.45) is 1.48. The van der Waals surface area contributed by atoms with E-state index in [1.165, 1.54) is 6.33 Å². The average molecular weight is 254 g/mol. The highest BCUT2D eigenvalue weighted by molar-refractivity contribution is 6.29. The van der Waals surface area contributed by atoms with E-state index >= 15 is 0 Å². The van der Waals surface area contributed by atoms with Crippen molar-refractivity contribution in [3.05, 3.63) is 11.6 Å². The molecule has 0 spiro atoms. The van der Waals surface area contributed by atoms with Crippen molar-refractivity contribution in [1.29, 1.82) is 0 Å². The predicted octanol–water partition coefficient (Wildman–Crippen LogP) is 2.85. The third-order valence-electron chi connectivity index (χ3n) is 2.91. The summed E-state index contributed by atoms with van der Waals surface area (Å²) in [7, 11) is 0. The molecule has 0 aliphatic heterocycles. The van der Waals surface area contributed by atoms with Gasteiger partial charge in [0.05, 0.1) is 0 Å². The fraction of sp³-hybridized carbons (Fsp3) is 0.545. The van der Waals surface area contributed by atoms with Gasteiger partial charge in [-0.15, -0.1) is 0 Å². The number of aromatic nitrogens is 4. The van der Waals surface area contributed by atoms with Crippen LogP contribution >= 0.6 is 11.6 Å². The van der Waals surface area contributed by atoms with Crippen molar-refractivity contribution >= 4 is 28.6 Å². The van der Waals surface area contributed by atoms with Gasteiger partial charge in [0.1, 0.15) is 11.8 Å². The van der Waals surface area contributed by atoms with Crippen LogP contribution in [0.25, 0.3) is 11.2 Å². The summed E-state index contributed by atoms with van der Waals surface area (Å²) in [6.45, 7) is 8.63. The lowest BCUT2D eigenvalue weighted by molar-refractivity contribution is 0.359. The maximum Gasteiger partial charge on any atom is 0.202 e. The maximum atomic E-state index is 5.82. The van der Waals surface area contributed by atoms with Crippen LogP contribution in [0.3, 0.4) is 0 Å². The molecule has 2 N–H and O–H groups in total. The van der Waals surface area contributed by atoms with E-state index in [-0.39, 0.29) is 11.5 Å². The Kier molecular flexibility index (Phi) is 2.95. The fourth-order valence-electron chi connectivity index (χ4n) is 1.33. The van der Waals surface area contributed by atoms with Crippen molar-refractivity contribution in [3.8, 4) is 0 Å². The number of imidazole rings is 1. The molecule has 1 atom stereocenters. The van der Waals surface area contributed by atoms with Crippen LogP contribution < -0.4 is 5.32 Å². The van der Waals surface area contributed by atoms with E-state index in [2.05, 4.69) is 52.9 Å². The SMILES string of the molecule is C[C@H](Nc1ncnc2nc(Cl)[nH]c12)C(C)(C)C. The lowest BCUT2D eigenvalue weighted by Crippen LogP contribution is -2.31. The molecule has 2 aromatic heterocycles. The third kappa shape index (κ3) is 2.49. The Balaban J connectivity index is 2.36. The molecule has 0 saturated carbocycles. The van der Waals surface area contributed by atoms with E-state index in [1.54, 1.807) is 0 Å². The van der Waals surface area contributed by atoms with Crippen molar-refractivity contribution < 1.29 is 0 Å². The van der Waals surface area contributed by atoms with E-state index in [1.807, 2.05) is 0 Å². The molecule has 0 radical (unpaired) electrons. The zero-order valence-corrected chi connectivity index (χ0v) is 11.1. The van der Waals surface area contributed by atoms with Crippen molar-refractivity contribution in [3.63, 3.8) is 0 Å². The minimum absolute atomic E-state index is 0.140. The standard InChI is InChI=1S/C11H16ClN5/c1-6(11(2,3)4)15-8-7-9(14-5-13-8)17-10(12)16-7/h5-6H,1-4H3,(H2,13,14,15,16,17)/t6-/m0/s1. The highest BCUT2D eigenvalue weighted by Gasteiger charge is 2.21. The molecular weight excluding hydrogens is 238 g/mol. The molecule has 0 aliphatic carbocycles. The smallest absolute Gasteiger partial charge is 0.202 e. The first-order valence-electron chi connectivity index (χ1n) is 5.50. The van der Waals surface area contributed by atoms with Gasteiger partial charge in [0, 0.05) is 6.04 Å². The summed E-state index contributed by atoms with van der Waals surface area (Å²) in [5.41, 5.74) is 1.46. The van der Waals surface area contributed by atoms with Crippen molar-refractivity contribution in [2.24, 2.45) is 5.41 Å². The van der Waals surface area contributed by atoms with Crippen LogP contribution in [0.1, 0.15) is 27.7 Å². The summed E-state index contributed by atoms with van der Waals surface area (Å²) in [5.74, 6) is 0.733. The second-order valence-corrected chi connectivity index (χ2v) is 5.54. The van der Waals surface area contributed by atoms with Crippen molar-refractivity contribution in [2.75, 3.05) is 5.32 Å².